The zero-order valence-corrected chi connectivity index (χ0v) is 11.4. The fourth-order valence-electron chi connectivity index (χ4n) is 1.63. The van der Waals surface area contributed by atoms with Crippen LogP contribution in [0.3, 0.4) is 0 Å². The molecule has 1 heterocycles. The number of ether oxygens (including phenoxy) is 1. The fraction of sp³-hybridized carbons (Fsp3) is 0.143. The predicted octanol–water partition coefficient (Wildman–Crippen LogP) is 3.26. The van der Waals surface area contributed by atoms with Crippen LogP contribution in [0, 0.1) is 19.7 Å². The predicted molar refractivity (Wildman–Crippen MR) is 76.1 cm³/mol. The molecule has 0 saturated carbocycles. The summed E-state index contributed by atoms with van der Waals surface area (Å²) in [5.41, 5.74) is 7.54. The Bertz CT molecular complexity index is 643. The highest BCUT2D eigenvalue weighted by molar-refractivity contribution is 7.80. The van der Waals surface area contributed by atoms with E-state index in [1.54, 1.807) is 31.2 Å². The molecule has 0 atom stereocenters. The average Bonchev–Trinajstić information content (AvgIpc) is 2.33. The van der Waals surface area contributed by atoms with Gasteiger partial charge in [0.15, 0.2) is 0 Å². The Morgan fingerprint density at radius 1 is 1.26 bits per heavy atom. The number of pyridine rings is 1. The van der Waals surface area contributed by atoms with E-state index in [1.165, 1.54) is 6.07 Å². The SMILES string of the molecule is Cc1cc(C(N)=S)cc(Oc2ccc(F)c(C)c2)n1. The summed E-state index contributed by atoms with van der Waals surface area (Å²) < 4.78 is 18.8. The third kappa shape index (κ3) is 3.26. The standard InChI is InChI=1S/C14H13FN2OS/c1-8-5-11(3-4-12(8)15)18-13-7-10(14(16)19)6-9(2)17-13/h3-7H,1-2H3,(H2,16,19). The minimum Gasteiger partial charge on any atom is -0.439 e. The molecule has 0 fully saturated rings. The van der Waals surface area contributed by atoms with Gasteiger partial charge in [0.2, 0.25) is 5.88 Å². The van der Waals surface area contributed by atoms with E-state index in [9.17, 15) is 4.39 Å². The van der Waals surface area contributed by atoms with Gasteiger partial charge in [-0.15, -0.1) is 0 Å². The summed E-state index contributed by atoms with van der Waals surface area (Å²) in [6, 6.07) is 7.96. The van der Waals surface area contributed by atoms with Gasteiger partial charge in [-0.1, -0.05) is 12.2 Å². The molecule has 2 aromatic rings. The van der Waals surface area contributed by atoms with E-state index >= 15 is 0 Å². The minimum absolute atomic E-state index is 0.270. The molecule has 2 N–H and O–H groups in total. The first-order valence-corrected chi connectivity index (χ1v) is 6.09. The first kappa shape index (κ1) is 13.4. The van der Waals surface area contributed by atoms with E-state index in [4.69, 9.17) is 22.7 Å². The molecule has 2 rings (SSSR count). The molecule has 0 saturated heterocycles. The molecule has 98 valence electrons. The largest absolute Gasteiger partial charge is 0.439 e. The number of nitrogens with zero attached hydrogens (tertiary/aromatic N) is 1. The van der Waals surface area contributed by atoms with Crippen LogP contribution in [0.1, 0.15) is 16.8 Å². The number of hydrogen-bond acceptors (Lipinski definition) is 3. The quantitative estimate of drug-likeness (QED) is 0.874. The van der Waals surface area contributed by atoms with Crippen molar-refractivity contribution in [2.75, 3.05) is 0 Å². The van der Waals surface area contributed by atoms with Crippen molar-refractivity contribution in [2.45, 2.75) is 13.8 Å². The third-order valence-electron chi connectivity index (χ3n) is 2.57. The van der Waals surface area contributed by atoms with E-state index in [0.717, 1.165) is 5.69 Å². The van der Waals surface area contributed by atoms with Crippen molar-refractivity contribution in [1.82, 2.24) is 4.98 Å². The molecule has 1 aromatic carbocycles. The van der Waals surface area contributed by atoms with Crippen LogP contribution in [0.15, 0.2) is 30.3 Å². The van der Waals surface area contributed by atoms with Gasteiger partial charge in [-0.2, -0.15) is 0 Å². The third-order valence-corrected chi connectivity index (χ3v) is 2.80. The summed E-state index contributed by atoms with van der Waals surface area (Å²) in [5, 5.41) is 0. The van der Waals surface area contributed by atoms with E-state index in [1.807, 2.05) is 6.92 Å². The molecule has 5 heteroatoms. The molecule has 1 aromatic heterocycles. The van der Waals surface area contributed by atoms with Crippen molar-refractivity contribution >= 4 is 17.2 Å². The van der Waals surface area contributed by atoms with Gasteiger partial charge in [0.25, 0.3) is 0 Å². The van der Waals surface area contributed by atoms with Gasteiger partial charge in [-0.3, -0.25) is 0 Å². The second-order valence-electron chi connectivity index (χ2n) is 4.21. The monoisotopic (exact) mass is 276 g/mol. The molecule has 0 aliphatic carbocycles. The Kier molecular flexibility index (Phi) is 3.76. The van der Waals surface area contributed by atoms with E-state index in [2.05, 4.69) is 4.98 Å². The van der Waals surface area contributed by atoms with Crippen LogP contribution in [0.4, 0.5) is 4.39 Å². The molecule has 0 unspecified atom stereocenters. The maximum Gasteiger partial charge on any atom is 0.220 e. The van der Waals surface area contributed by atoms with Gasteiger partial charge in [0, 0.05) is 17.3 Å². The molecule has 19 heavy (non-hydrogen) atoms. The van der Waals surface area contributed by atoms with Gasteiger partial charge >= 0.3 is 0 Å². The Morgan fingerprint density at radius 3 is 2.63 bits per heavy atom. The van der Waals surface area contributed by atoms with Gasteiger partial charge < -0.3 is 10.5 Å². The second-order valence-corrected chi connectivity index (χ2v) is 4.65. The average molecular weight is 276 g/mol. The lowest BCUT2D eigenvalue weighted by atomic mass is 10.2. The highest BCUT2D eigenvalue weighted by Crippen LogP contribution is 2.23. The molecule has 0 bridgehead atoms. The van der Waals surface area contributed by atoms with E-state index < -0.39 is 0 Å². The Morgan fingerprint density at radius 2 is 2.00 bits per heavy atom. The van der Waals surface area contributed by atoms with E-state index in [0.29, 0.717) is 22.8 Å². The summed E-state index contributed by atoms with van der Waals surface area (Å²) >= 11 is 4.93. The maximum absolute atomic E-state index is 13.2. The summed E-state index contributed by atoms with van der Waals surface area (Å²) in [6.07, 6.45) is 0. The lowest BCUT2D eigenvalue weighted by Gasteiger charge is -2.08. The number of halogens is 1. The summed E-state index contributed by atoms with van der Waals surface area (Å²) in [7, 11) is 0. The van der Waals surface area contributed by atoms with Crippen LogP contribution >= 0.6 is 12.2 Å². The number of nitrogens with two attached hydrogens (primary N) is 1. The number of rotatable bonds is 3. The molecular weight excluding hydrogens is 263 g/mol. The number of aromatic nitrogens is 1. The highest BCUT2D eigenvalue weighted by atomic mass is 32.1. The molecule has 0 spiro atoms. The molecule has 0 radical (unpaired) electrons. The summed E-state index contributed by atoms with van der Waals surface area (Å²) in [6.45, 7) is 3.50. The normalized spacial score (nSPS) is 10.3. The molecule has 3 nitrogen and oxygen atoms in total. The van der Waals surface area contributed by atoms with Crippen molar-refractivity contribution in [3.05, 3.63) is 53.0 Å². The van der Waals surface area contributed by atoms with Gasteiger partial charge in [0.1, 0.15) is 16.6 Å². The zero-order chi connectivity index (χ0) is 14.0. The first-order chi connectivity index (χ1) is 8.95. The maximum atomic E-state index is 13.2. The van der Waals surface area contributed by atoms with Crippen molar-refractivity contribution in [2.24, 2.45) is 5.73 Å². The van der Waals surface area contributed by atoms with Crippen LogP contribution in [0.2, 0.25) is 0 Å². The van der Waals surface area contributed by atoms with Crippen LogP contribution in [-0.4, -0.2) is 9.97 Å². The van der Waals surface area contributed by atoms with Gasteiger partial charge in [0.05, 0.1) is 0 Å². The van der Waals surface area contributed by atoms with Crippen molar-refractivity contribution in [3.8, 4) is 11.6 Å². The smallest absolute Gasteiger partial charge is 0.220 e. The highest BCUT2D eigenvalue weighted by Gasteiger charge is 2.06. The van der Waals surface area contributed by atoms with Gasteiger partial charge in [-0.05, 0) is 43.7 Å². The van der Waals surface area contributed by atoms with Crippen LogP contribution in [-0.2, 0) is 0 Å². The molecular formula is C14H13FN2OS. The fourth-order valence-corrected chi connectivity index (χ4v) is 1.75. The van der Waals surface area contributed by atoms with Crippen molar-refractivity contribution < 1.29 is 9.13 Å². The number of hydrogen-bond donors (Lipinski definition) is 1. The minimum atomic E-state index is -0.270. The number of thiocarbonyl (C=S) groups is 1. The second kappa shape index (κ2) is 5.32. The van der Waals surface area contributed by atoms with Crippen molar-refractivity contribution in [3.63, 3.8) is 0 Å². The zero-order valence-electron chi connectivity index (χ0n) is 10.6. The summed E-state index contributed by atoms with van der Waals surface area (Å²) in [4.78, 5) is 4.52. The van der Waals surface area contributed by atoms with Gasteiger partial charge in [-0.25, -0.2) is 9.37 Å². The lowest BCUT2D eigenvalue weighted by molar-refractivity contribution is 0.459. The Balaban J connectivity index is 2.32. The molecule has 0 aliphatic heterocycles. The first-order valence-electron chi connectivity index (χ1n) is 5.68. The summed E-state index contributed by atoms with van der Waals surface area (Å²) in [5.74, 6) is 0.632. The van der Waals surface area contributed by atoms with E-state index in [-0.39, 0.29) is 10.8 Å². The van der Waals surface area contributed by atoms with Crippen molar-refractivity contribution in [1.29, 1.82) is 0 Å². The topological polar surface area (TPSA) is 48.1 Å². The number of benzene rings is 1. The van der Waals surface area contributed by atoms with Crippen LogP contribution in [0.25, 0.3) is 0 Å². The Hall–Kier alpha value is -2.01. The molecule has 0 aliphatic rings. The number of aryl methyl sites for hydroxylation is 2. The molecule has 0 amide bonds. The Labute approximate surface area is 116 Å². The van der Waals surface area contributed by atoms with Crippen LogP contribution < -0.4 is 10.5 Å². The lowest BCUT2D eigenvalue weighted by Crippen LogP contribution is -2.10. The van der Waals surface area contributed by atoms with Crippen LogP contribution in [0.5, 0.6) is 11.6 Å².